The minimum atomic E-state index is -0.198. The van der Waals surface area contributed by atoms with Crippen LogP contribution in [0.5, 0.6) is 0 Å². The van der Waals surface area contributed by atoms with Crippen molar-refractivity contribution in [1.29, 1.82) is 0 Å². The van der Waals surface area contributed by atoms with Gasteiger partial charge in [-0.2, -0.15) is 0 Å². The minimum absolute atomic E-state index is 0.114. The molecule has 0 spiro atoms. The summed E-state index contributed by atoms with van der Waals surface area (Å²) < 4.78 is 2.09. The van der Waals surface area contributed by atoms with E-state index < -0.39 is 0 Å². The molecule has 1 aromatic carbocycles. The predicted molar refractivity (Wildman–Crippen MR) is 142 cm³/mol. The van der Waals surface area contributed by atoms with Crippen LogP contribution in [0.2, 0.25) is 0 Å². The molecule has 2 aromatic heterocycles. The molecule has 188 valence electrons. The molecule has 1 saturated heterocycles. The number of likely N-dealkylation sites (tertiary alicyclic amines) is 1. The molecule has 3 aromatic rings. The third-order valence-corrected chi connectivity index (χ3v) is 7.74. The Hall–Kier alpha value is -3.68. The van der Waals surface area contributed by atoms with E-state index in [2.05, 4.69) is 26.4 Å². The average molecular weight is 487 g/mol. The number of hydrogen-bond acceptors (Lipinski definition) is 5. The van der Waals surface area contributed by atoms with Crippen LogP contribution >= 0.6 is 0 Å². The highest BCUT2D eigenvalue weighted by Gasteiger charge is 2.34. The van der Waals surface area contributed by atoms with Gasteiger partial charge in [0.2, 0.25) is 5.91 Å². The van der Waals surface area contributed by atoms with E-state index in [1.165, 1.54) is 6.33 Å². The largest absolute Gasteiger partial charge is 0.383 e. The van der Waals surface area contributed by atoms with Crippen molar-refractivity contribution in [2.75, 3.05) is 24.1 Å². The number of aryl methyl sites for hydroxylation is 1. The van der Waals surface area contributed by atoms with Crippen molar-refractivity contribution in [3.05, 3.63) is 48.3 Å². The maximum absolute atomic E-state index is 13.0. The van der Waals surface area contributed by atoms with Gasteiger partial charge in [0.15, 0.2) is 0 Å². The van der Waals surface area contributed by atoms with Crippen LogP contribution in [-0.4, -0.2) is 44.3 Å². The van der Waals surface area contributed by atoms with E-state index in [4.69, 9.17) is 5.73 Å². The summed E-state index contributed by atoms with van der Waals surface area (Å²) >= 11 is 0. The first-order valence-corrected chi connectivity index (χ1v) is 12.8. The van der Waals surface area contributed by atoms with Crippen LogP contribution in [0.1, 0.15) is 56.9 Å². The highest BCUT2D eigenvalue weighted by atomic mass is 16.2. The maximum Gasteiger partial charge on any atom is 0.250 e. The number of carbonyl (C=O) groups is 2. The van der Waals surface area contributed by atoms with Gasteiger partial charge in [-0.25, -0.2) is 9.97 Å². The van der Waals surface area contributed by atoms with Gasteiger partial charge in [0.05, 0.1) is 11.1 Å². The standard InChI is InChI=1S/C28H34N6O2/c1-17(2)27(35)32-21-12-10-19(11-13-21)24-22(23-25(29)30-16-31-26(23)33(24)3)18-6-8-20(9-7-18)28(36)34-14-4-5-15-34/h10-13,16,18,20H,1,4-9,14-15H2,2-3H3,(H,32,35)(H2,29,30,31)/t18-,20-. The number of aromatic nitrogens is 3. The lowest BCUT2D eigenvalue weighted by Gasteiger charge is -2.31. The molecule has 36 heavy (non-hydrogen) atoms. The SMILES string of the molecule is C=C(C)C(=O)Nc1ccc(-c2c([C@H]3CC[C@H](C(=O)N4CCCC4)CC3)c3c(N)ncnc3n2C)cc1. The van der Waals surface area contributed by atoms with E-state index in [-0.39, 0.29) is 17.7 Å². The first-order chi connectivity index (χ1) is 17.3. The molecule has 0 radical (unpaired) electrons. The fourth-order valence-electron chi connectivity index (χ4n) is 5.83. The Morgan fingerprint density at radius 2 is 1.72 bits per heavy atom. The molecule has 3 N–H and O–H groups in total. The molecule has 0 atom stereocenters. The normalized spacial score (nSPS) is 20.0. The second kappa shape index (κ2) is 9.76. The fourth-order valence-corrected chi connectivity index (χ4v) is 5.83. The molecular formula is C28H34N6O2. The zero-order valence-electron chi connectivity index (χ0n) is 21.1. The average Bonchev–Trinajstić information content (AvgIpc) is 3.52. The lowest BCUT2D eigenvalue weighted by molar-refractivity contribution is -0.135. The number of nitrogens with two attached hydrogens (primary N) is 1. The molecule has 1 aliphatic carbocycles. The Balaban J connectivity index is 1.47. The summed E-state index contributed by atoms with van der Waals surface area (Å²) in [6.45, 7) is 7.19. The van der Waals surface area contributed by atoms with Crippen LogP contribution in [0.4, 0.5) is 11.5 Å². The number of nitrogens with zero attached hydrogens (tertiary/aromatic N) is 4. The summed E-state index contributed by atoms with van der Waals surface area (Å²) in [4.78, 5) is 35.9. The number of amides is 2. The maximum atomic E-state index is 13.0. The van der Waals surface area contributed by atoms with Crippen molar-refractivity contribution in [3.63, 3.8) is 0 Å². The molecule has 1 aliphatic heterocycles. The fraction of sp³-hybridized carbons (Fsp3) is 0.429. The molecular weight excluding hydrogens is 452 g/mol. The van der Waals surface area contributed by atoms with Gasteiger partial charge in [0.1, 0.15) is 17.8 Å². The minimum Gasteiger partial charge on any atom is -0.383 e. The van der Waals surface area contributed by atoms with Crippen LogP contribution < -0.4 is 11.1 Å². The van der Waals surface area contributed by atoms with Crippen molar-refractivity contribution in [1.82, 2.24) is 19.4 Å². The van der Waals surface area contributed by atoms with Crippen molar-refractivity contribution in [2.45, 2.75) is 51.4 Å². The Morgan fingerprint density at radius 3 is 2.36 bits per heavy atom. The third kappa shape index (κ3) is 4.36. The number of nitrogens with one attached hydrogen (secondary N) is 1. The van der Waals surface area contributed by atoms with E-state index in [0.717, 1.165) is 79.5 Å². The van der Waals surface area contributed by atoms with Crippen molar-refractivity contribution in [2.24, 2.45) is 13.0 Å². The van der Waals surface area contributed by atoms with Gasteiger partial charge in [-0.05, 0) is 74.6 Å². The highest BCUT2D eigenvalue weighted by molar-refractivity contribution is 6.03. The van der Waals surface area contributed by atoms with E-state index in [0.29, 0.717) is 23.0 Å². The lowest BCUT2D eigenvalue weighted by atomic mass is 9.77. The second-order valence-electron chi connectivity index (χ2n) is 10.2. The van der Waals surface area contributed by atoms with Crippen LogP contribution in [0.3, 0.4) is 0 Å². The lowest BCUT2D eigenvalue weighted by Crippen LogP contribution is -2.35. The van der Waals surface area contributed by atoms with Gasteiger partial charge in [-0.1, -0.05) is 18.7 Å². The topological polar surface area (TPSA) is 106 Å². The number of rotatable bonds is 5. The number of hydrogen-bond donors (Lipinski definition) is 2. The van der Waals surface area contributed by atoms with E-state index in [9.17, 15) is 9.59 Å². The van der Waals surface area contributed by atoms with Crippen molar-refractivity contribution < 1.29 is 9.59 Å². The summed E-state index contributed by atoms with van der Waals surface area (Å²) in [5.74, 6) is 0.998. The molecule has 2 amide bonds. The first kappa shape index (κ1) is 24.0. The highest BCUT2D eigenvalue weighted by Crippen LogP contribution is 2.46. The zero-order valence-corrected chi connectivity index (χ0v) is 21.1. The molecule has 0 unspecified atom stereocenters. The van der Waals surface area contributed by atoms with Gasteiger partial charge in [-0.15, -0.1) is 0 Å². The quantitative estimate of drug-likeness (QED) is 0.512. The summed E-state index contributed by atoms with van der Waals surface area (Å²) in [6.07, 6.45) is 7.37. The Kier molecular flexibility index (Phi) is 6.51. The number of fused-ring (bicyclic) bond motifs is 1. The van der Waals surface area contributed by atoms with Crippen molar-refractivity contribution >= 4 is 34.4 Å². The van der Waals surface area contributed by atoms with Gasteiger partial charge in [-0.3, -0.25) is 9.59 Å². The summed E-state index contributed by atoms with van der Waals surface area (Å²) in [5.41, 5.74) is 11.6. The number of nitrogen functional groups attached to an aromatic ring is 1. The molecule has 2 fully saturated rings. The van der Waals surface area contributed by atoms with E-state index >= 15 is 0 Å². The van der Waals surface area contributed by atoms with E-state index in [1.807, 2.05) is 36.2 Å². The van der Waals surface area contributed by atoms with Gasteiger partial charge in [0, 0.05) is 37.3 Å². The van der Waals surface area contributed by atoms with Gasteiger partial charge < -0.3 is 20.5 Å². The molecule has 5 rings (SSSR count). The second-order valence-corrected chi connectivity index (χ2v) is 10.2. The number of benzene rings is 1. The monoisotopic (exact) mass is 486 g/mol. The number of anilines is 2. The third-order valence-electron chi connectivity index (χ3n) is 7.74. The Labute approximate surface area is 211 Å². The Bertz CT molecular complexity index is 1310. The molecule has 8 heteroatoms. The van der Waals surface area contributed by atoms with Gasteiger partial charge >= 0.3 is 0 Å². The van der Waals surface area contributed by atoms with Crippen LogP contribution in [0.25, 0.3) is 22.3 Å². The smallest absolute Gasteiger partial charge is 0.250 e. The van der Waals surface area contributed by atoms with Gasteiger partial charge in [0.25, 0.3) is 5.91 Å². The molecule has 0 bridgehead atoms. The van der Waals surface area contributed by atoms with Crippen LogP contribution in [0, 0.1) is 5.92 Å². The summed E-state index contributed by atoms with van der Waals surface area (Å²) in [6, 6.07) is 7.83. The summed E-state index contributed by atoms with van der Waals surface area (Å²) in [5, 5.41) is 3.77. The first-order valence-electron chi connectivity index (χ1n) is 12.8. The van der Waals surface area contributed by atoms with Crippen molar-refractivity contribution in [3.8, 4) is 11.3 Å². The number of carbonyl (C=O) groups excluding carboxylic acids is 2. The van der Waals surface area contributed by atoms with Crippen LogP contribution in [0.15, 0.2) is 42.7 Å². The van der Waals surface area contributed by atoms with E-state index in [1.54, 1.807) is 6.92 Å². The summed E-state index contributed by atoms with van der Waals surface area (Å²) in [7, 11) is 2.01. The predicted octanol–water partition coefficient (Wildman–Crippen LogP) is 4.63. The molecule has 8 nitrogen and oxygen atoms in total. The van der Waals surface area contributed by atoms with Crippen LogP contribution in [-0.2, 0) is 16.6 Å². The molecule has 2 aliphatic rings. The molecule has 1 saturated carbocycles. The zero-order chi connectivity index (χ0) is 25.4. The Morgan fingerprint density at radius 1 is 1.06 bits per heavy atom. The molecule has 3 heterocycles.